The van der Waals surface area contributed by atoms with Crippen LogP contribution in [0.15, 0.2) is 40.9 Å². The fourth-order valence-corrected chi connectivity index (χ4v) is 2.45. The quantitative estimate of drug-likeness (QED) is 0.870. The number of hydrogen-bond donors (Lipinski definition) is 1. The lowest BCUT2D eigenvalue weighted by molar-refractivity contribution is 0.190. The summed E-state index contributed by atoms with van der Waals surface area (Å²) in [5.41, 5.74) is 0.614. The summed E-state index contributed by atoms with van der Waals surface area (Å²) in [7, 11) is 3.17. The lowest BCUT2D eigenvalue weighted by Crippen LogP contribution is -2.00. The maximum Gasteiger partial charge on any atom is 0.141 e. The Labute approximate surface area is 132 Å². The van der Waals surface area contributed by atoms with Crippen LogP contribution >= 0.6 is 15.9 Å². The second kappa shape index (κ2) is 6.83. The van der Waals surface area contributed by atoms with Crippen molar-refractivity contribution >= 4 is 15.9 Å². The average molecular weight is 353 g/mol. The molecule has 21 heavy (non-hydrogen) atoms. The minimum atomic E-state index is -0.701. The van der Waals surface area contributed by atoms with E-state index in [0.29, 0.717) is 22.8 Å². The Morgan fingerprint density at radius 3 is 2.29 bits per heavy atom. The first-order chi connectivity index (χ1) is 10.1. The van der Waals surface area contributed by atoms with Crippen LogP contribution in [0.1, 0.15) is 18.6 Å². The summed E-state index contributed by atoms with van der Waals surface area (Å²) in [6.45, 7) is 1.67. The predicted octanol–water partition coefficient (Wildman–Crippen LogP) is 4.31. The van der Waals surface area contributed by atoms with E-state index in [2.05, 4.69) is 15.9 Å². The van der Waals surface area contributed by atoms with E-state index in [0.717, 1.165) is 10.2 Å². The molecule has 0 bridgehead atoms. The molecule has 4 nitrogen and oxygen atoms in total. The lowest BCUT2D eigenvalue weighted by atomic mass is 10.1. The molecule has 0 radical (unpaired) electrons. The van der Waals surface area contributed by atoms with Crippen LogP contribution in [-0.4, -0.2) is 19.3 Å². The molecule has 0 heterocycles. The molecule has 5 heteroatoms. The molecule has 2 rings (SSSR count). The molecule has 1 N–H and O–H groups in total. The topological polar surface area (TPSA) is 47.9 Å². The molecule has 0 saturated heterocycles. The van der Waals surface area contributed by atoms with E-state index >= 15 is 0 Å². The monoisotopic (exact) mass is 352 g/mol. The maximum atomic E-state index is 9.95. The van der Waals surface area contributed by atoms with Gasteiger partial charge in [-0.3, -0.25) is 0 Å². The minimum Gasteiger partial charge on any atom is -0.497 e. The van der Waals surface area contributed by atoms with E-state index in [1.165, 1.54) is 0 Å². The van der Waals surface area contributed by atoms with Gasteiger partial charge in [0.15, 0.2) is 0 Å². The van der Waals surface area contributed by atoms with Crippen LogP contribution in [0.5, 0.6) is 23.0 Å². The largest absolute Gasteiger partial charge is 0.497 e. The van der Waals surface area contributed by atoms with Crippen LogP contribution in [0.25, 0.3) is 0 Å². The fourth-order valence-electron chi connectivity index (χ4n) is 2.01. The molecule has 0 aliphatic rings. The number of benzene rings is 2. The summed E-state index contributed by atoms with van der Waals surface area (Å²) in [6, 6.07) is 10.8. The van der Waals surface area contributed by atoms with Crippen molar-refractivity contribution in [3.05, 3.63) is 46.4 Å². The normalized spacial score (nSPS) is 11.9. The fraction of sp³-hybridized carbons (Fsp3) is 0.250. The highest BCUT2D eigenvalue weighted by Crippen LogP contribution is 2.39. The number of rotatable bonds is 5. The van der Waals surface area contributed by atoms with Gasteiger partial charge in [-0.25, -0.2) is 0 Å². The first kappa shape index (κ1) is 15.7. The zero-order valence-corrected chi connectivity index (χ0v) is 13.7. The van der Waals surface area contributed by atoms with E-state index in [1.54, 1.807) is 39.3 Å². The van der Waals surface area contributed by atoms with Gasteiger partial charge in [-0.15, -0.1) is 0 Å². The molecule has 0 aliphatic heterocycles. The van der Waals surface area contributed by atoms with Gasteiger partial charge < -0.3 is 19.3 Å². The van der Waals surface area contributed by atoms with Crippen molar-refractivity contribution in [2.45, 2.75) is 13.0 Å². The average Bonchev–Trinajstić information content (AvgIpc) is 2.48. The first-order valence-corrected chi connectivity index (χ1v) is 7.22. The van der Waals surface area contributed by atoms with E-state index in [1.807, 2.05) is 18.2 Å². The molecule has 0 aliphatic carbocycles. The number of aliphatic hydroxyl groups excluding tert-OH is 1. The van der Waals surface area contributed by atoms with Crippen molar-refractivity contribution < 1.29 is 19.3 Å². The highest BCUT2D eigenvalue weighted by Gasteiger charge is 2.16. The highest BCUT2D eigenvalue weighted by molar-refractivity contribution is 9.10. The molecule has 0 aromatic heterocycles. The van der Waals surface area contributed by atoms with Crippen LogP contribution in [0.2, 0.25) is 0 Å². The van der Waals surface area contributed by atoms with Gasteiger partial charge >= 0.3 is 0 Å². The summed E-state index contributed by atoms with van der Waals surface area (Å²) in [4.78, 5) is 0. The van der Waals surface area contributed by atoms with Gasteiger partial charge in [0.25, 0.3) is 0 Å². The standard InChI is InChI=1S/C16H17BrO4/c1-10(18)16-14(20-3)5-4-6-15(16)21-13-8-7-11(19-2)9-12(13)17/h4-10,18H,1-3H3/t10-/m1/s1. The Balaban J connectivity index is 2.40. The van der Waals surface area contributed by atoms with Gasteiger partial charge in [0.1, 0.15) is 23.0 Å². The zero-order chi connectivity index (χ0) is 15.4. The number of ether oxygens (including phenoxy) is 3. The maximum absolute atomic E-state index is 9.95. The first-order valence-electron chi connectivity index (χ1n) is 6.43. The van der Waals surface area contributed by atoms with Crippen LogP contribution in [0.4, 0.5) is 0 Å². The summed E-state index contributed by atoms with van der Waals surface area (Å²) in [6.07, 6.45) is -0.701. The van der Waals surface area contributed by atoms with Crippen LogP contribution in [0, 0.1) is 0 Å². The zero-order valence-electron chi connectivity index (χ0n) is 12.1. The van der Waals surface area contributed by atoms with Gasteiger partial charge in [-0.1, -0.05) is 6.07 Å². The van der Waals surface area contributed by atoms with Crippen molar-refractivity contribution in [3.8, 4) is 23.0 Å². The summed E-state index contributed by atoms with van der Waals surface area (Å²) in [5, 5.41) is 9.95. The summed E-state index contributed by atoms with van der Waals surface area (Å²) < 4.78 is 17.1. The highest BCUT2D eigenvalue weighted by atomic mass is 79.9. The van der Waals surface area contributed by atoms with Crippen molar-refractivity contribution in [2.75, 3.05) is 14.2 Å². The Hall–Kier alpha value is -1.72. The van der Waals surface area contributed by atoms with Crippen LogP contribution in [0.3, 0.4) is 0 Å². The van der Waals surface area contributed by atoms with Gasteiger partial charge in [0.05, 0.1) is 30.4 Å². The third-order valence-corrected chi connectivity index (χ3v) is 3.64. The third kappa shape index (κ3) is 3.49. The Kier molecular flexibility index (Phi) is 5.09. The van der Waals surface area contributed by atoms with Gasteiger partial charge in [0, 0.05) is 0 Å². The Bertz CT molecular complexity index is 626. The molecule has 0 amide bonds. The van der Waals surface area contributed by atoms with Crippen molar-refractivity contribution in [1.82, 2.24) is 0 Å². The molecule has 0 fully saturated rings. The van der Waals surface area contributed by atoms with E-state index in [9.17, 15) is 5.11 Å². The molecule has 2 aromatic carbocycles. The van der Waals surface area contributed by atoms with Crippen LogP contribution < -0.4 is 14.2 Å². The third-order valence-electron chi connectivity index (χ3n) is 3.02. The molecule has 0 unspecified atom stereocenters. The van der Waals surface area contributed by atoms with Gasteiger partial charge in [0.2, 0.25) is 0 Å². The Morgan fingerprint density at radius 1 is 1.00 bits per heavy atom. The molecule has 112 valence electrons. The van der Waals surface area contributed by atoms with Crippen LogP contribution in [-0.2, 0) is 0 Å². The Morgan fingerprint density at radius 2 is 1.71 bits per heavy atom. The van der Waals surface area contributed by atoms with Gasteiger partial charge in [-0.05, 0) is 53.2 Å². The SMILES string of the molecule is COc1ccc(Oc2cccc(OC)c2[C@@H](C)O)c(Br)c1. The minimum absolute atomic E-state index is 0.551. The molecule has 2 aromatic rings. The molecule has 1 atom stereocenters. The smallest absolute Gasteiger partial charge is 0.141 e. The number of methoxy groups -OCH3 is 2. The van der Waals surface area contributed by atoms with E-state index in [-0.39, 0.29) is 0 Å². The van der Waals surface area contributed by atoms with E-state index < -0.39 is 6.10 Å². The number of hydrogen-bond acceptors (Lipinski definition) is 4. The lowest BCUT2D eigenvalue weighted by Gasteiger charge is -2.17. The van der Waals surface area contributed by atoms with Crippen molar-refractivity contribution in [3.63, 3.8) is 0 Å². The van der Waals surface area contributed by atoms with Crippen molar-refractivity contribution in [2.24, 2.45) is 0 Å². The molecule has 0 saturated carbocycles. The molecular formula is C16H17BrO4. The van der Waals surface area contributed by atoms with Gasteiger partial charge in [-0.2, -0.15) is 0 Å². The molecular weight excluding hydrogens is 336 g/mol. The number of halogens is 1. The summed E-state index contributed by atoms with van der Waals surface area (Å²) in [5.74, 6) is 2.50. The number of aliphatic hydroxyl groups is 1. The van der Waals surface area contributed by atoms with E-state index in [4.69, 9.17) is 14.2 Å². The summed E-state index contributed by atoms with van der Waals surface area (Å²) >= 11 is 3.44. The predicted molar refractivity (Wildman–Crippen MR) is 84.4 cm³/mol. The molecule has 0 spiro atoms. The van der Waals surface area contributed by atoms with Crippen molar-refractivity contribution in [1.29, 1.82) is 0 Å². The second-order valence-electron chi connectivity index (χ2n) is 4.45. The second-order valence-corrected chi connectivity index (χ2v) is 5.30.